The highest BCUT2D eigenvalue weighted by atomic mass is 19.4. The predicted molar refractivity (Wildman–Crippen MR) is 95.5 cm³/mol. The number of alkyl halides is 3. The second kappa shape index (κ2) is 8.99. The third-order valence-corrected chi connectivity index (χ3v) is 4.07. The lowest BCUT2D eigenvalue weighted by Crippen LogP contribution is -2.19. The number of unbranched alkanes of at least 4 members (excludes halogenated alkanes) is 2. The molecule has 2 rings (SSSR count). The molecule has 0 radical (unpaired) electrons. The summed E-state index contributed by atoms with van der Waals surface area (Å²) in [5, 5.41) is 3.29. The summed E-state index contributed by atoms with van der Waals surface area (Å²) >= 11 is 0. The average Bonchev–Trinajstić information content (AvgIpc) is 2.57. The molecule has 0 unspecified atom stereocenters. The molecule has 1 N–H and O–H groups in total. The third kappa shape index (κ3) is 6.16. The second-order valence-electron chi connectivity index (χ2n) is 6.32. The van der Waals surface area contributed by atoms with Crippen LogP contribution in [-0.4, -0.2) is 18.1 Å². The van der Waals surface area contributed by atoms with Crippen LogP contribution in [0.2, 0.25) is 0 Å². The van der Waals surface area contributed by atoms with Gasteiger partial charge in [0.1, 0.15) is 5.69 Å². The minimum atomic E-state index is -4.44. The summed E-state index contributed by atoms with van der Waals surface area (Å²) in [5.41, 5.74) is 1.96. The van der Waals surface area contributed by atoms with Gasteiger partial charge < -0.3 is 5.32 Å². The standard InChI is InChI=1S/C20H25F3N2/c1-3-4-5-11-24-12-10-16-13-18(17-8-6-15(2)7-9-17)25-19(14-16)20(21,22)23/h6-9,13-14,24H,3-5,10-12H2,1-2H3. The van der Waals surface area contributed by atoms with E-state index in [1.165, 1.54) is 0 Å². The monoisotopic (exact) mass is 350 g/mol. The molecule has 1 heterocycles. The molecule has 0 bridgehead atoms. The lowest BCUT2D eigenvalue weighted by Gasteiger charge is -2.12. The zero-order valence-corrected chi connectivity index (χ0v) is 14.8. The number of halogens is 3. The number of aromatic nitrogens is 1. The fourth-order valence-corrected chi connectivity index (χ4v) is 2.61. The Morgan fingerprint density at radius 1 is 1.00 bits per heavy atom. The number of hydrogen-bond donors (Lipinski definition) is 1. The molecule has 0 saturated heterocycles. The summed E-state index contributed by atoms with van der Waals surface area (Å²) in [6.45, 7) is 5.65. The van der Waals surface area contributed by atoms with E-state index in [1.807, 2.05) is 31.2 Å². The van der Waals surface area contributed by atoms with Gasteiger partial charge in [-0.15, -0.1) is 0 Å². The molecule has 0 aliphatic rings. The first-order valence-electron chi connectivity index (χ1n) is 8.76. The zero-order valence-electron chi connectivity index (χ0n) is 14.8. The van der Waals surface area contributed by atoms with Gasteiger partial charge in [-0.3, -0.25) is 0 Å². The van der Waals surface area contributed by atoms with Crippen LogP contribution < -0.4 is 5.32 Å². The number of pyridine rings is 1. The summed E-state index contributed by atoms with van der Waals surface area (Å²) in [6.07, 6.45) is -0.477. The molecule has 136 valence electrons. The number of nitrogens with zero attached hydrogens (tertiary/aromatic N) is 1. The third-order valence-electron chi connectivity index (χ3n) is 4.07. The van der Waals surface area contributed by atoms with E-state index in [1.54, 1.807) is 6.07 Å². The molecule has 0 atom stereocenters. The topological polar surface area (TPSA) is 24.9 Å². The van der Waals surface area contributed by atoms with E-state index < -0.39 is 11.9 Å². The Labute approximate surface area is 147 Å². The van der Waals surface area contributed by atoms with Crippen molar-refractivity contribution in [2.45, 2.75) is 45.7 Å². The highest BCUT2D eigenvalue weighted by Gasteiger charge is 2.33. The first-order chi connectivity index (χ1) is 11.9. The Morgan fingerprint density at radius 2 is 1.72 bits per heavy atom. The summed E-state index contributed by atoms with van der Waals surface area (Å²) in [7, 11) is 0. The molecule has 2 aromatic rings. The van der Waals surface area contributed by atoms with Crippen molar-refractivity contribution in [3.63, 3.8) is 0 Å². The smallest absolute Gasteiger partial charge is 0.316 e. The van der Waals surface area contributed by atoms with Gasteiger partial charge in [-0.2, -0.15) is 13.2 Å². The minimum Gasteiger partial charge on any atom is -0.316 e. The van der Waals surface area contributed by atoms with E-state index in [0.717, 1.165) is 37.4 Å². The average molecular weight is 350 g/mol. The number of nitrogens with one attached hydrogen (secondary N) is 1. The van der Waals surface area contributed by atoms with E-state index in [2.05, 4.69) is 17.2 Å². The molecule has 1 aromatic heterocycles. The summed E-state index contributed by atoms with van der Waals surface area (Å²) in [5.74, 6) is 0. The molecule has 0 fully saturated rings. The fourth-order valence-electron chi connectivity index (χ4n) is 2.61. The van der Waals surface area contributed by atoms with Gasteiger partial charge in [-0.25, -0.2) is 4.98 Å². The van der Waals surface area contributed by atoms with Gasteiger partial charge in [-0.1, -0.05) is 49.6 Å². The van der Waals surface area contributed by atoms with Crippen LogP contribution in [0.4, 0.5) is 13.2 Å². The van der Waals surface area contributed by atoms with Crippen LogP contribution in [0.3, 0.4) is 0 Å². The molecule has 0 spiro atoms. The largest absolute Gasteiger partial charge is 0.433 e. The van der Waals surface area contributed by atoms with E-state index in [0.29, 0.717) is 29.8 Å². The van der Waals surface area contributed by atoms with Gasteiger partial charge in [0.25, 0.3) is 0 Å². The lowest BCUT2D eigenvalue weighted by atomic mass is 10.0. The van der Waals surface area contributed by atoms with Crippen molar-refractivity contribution in [1.82, 2.24) is 10.3 Å². The van der Waals surface area contributed by atoms with Gasteiger partial charge in [-0.05, 0) is 50.6 Å². The van der Waals surface area contributed by atoms with E-state index >= 15 is 0 Å². The zero-order chi connectivity index (χ0) is 18.3. The van der Waals surface area contributed by atoms with Crippen LogP contribution in [0.25, 0.3) is 11.3 Å². The van der Waals surface area contributed by atoms with Gasteiger partial charge in [0.2, 0.25) is 0 Å². The molecule has 0 saturated carbocycles. The Bertz CT molecular complexity index is 664. The molecule has 1 aromatic carbocycles. The predicted octanol–water partition coefficient (Wildman–Crippen LogP) is 5.40. The van der Waals surface area contributed by atoms with Crippen molar-refractivity contribution in [2.75, 3.05) is 13.1 Å². The van der Waals surface area contributed by atoms with Crippen LogP contribution in [0, 0.1) is 6.92 Å². The Balaban J connectivity index is 2.15. The van der Waals surface area contributed by atoms with Crippen molar-refractivity contribution < 1.29 is 13.2 Å². The summed E-state index contributed by atoms with van der Waals surface area (Å²) in [6, 6.07) is 10.3. The minimum absolute atomic E-state index is 0.371. The Morgan fingerprint density at radius 3 is 2.36 bits per heavy atom. The first-order valence-corrected chi connectivity index (χ1v) is 8.76. The van der Waals surface area contributed by atoms with Crippen molar-refractivity contribution in [1.29, 1.82) is 0 Å². The molecule has 0 aliphatic carbocycles. The maximum Gasteiger partial charge on any atom is 0.433 e. The van der Waals surface area contributed by atoms with Crippen LogP contribution in [-0.2, 0) is 12.6 Å². The summed E-state index contributed by atoms with van der Waals surface area (Å²) in [4.78, 5) is 3.83. The normalized spacial score (nSPS) is 11.7. The van der Waals surface area contributed by atoms with Crippen molar-refractivity contribution in [3.8, 4) is 11.3 Å². The van der Waals surface area contributed by atoms with Gasteiger partial charge in [0.15, 0.2) is 0 Å². The number of benzene rings is 1. The first kappa shape index (κ1) is 19.4. The van der Waals surface area contributed by atoms with E-state index in [9.17, 15) is 13.2 Å². The highest BCUT2D eigenvalue weighted by Crippen LogP contribution is 2.31. The van der Waals surface area contributed by atoms with Crippen LogP contribution >= 0.6 is 0 Å². The Kier molecular flexibility index (Phi) is 7.00. The number of rotatable bonds is 8. The van der Waals surface area contributed by atoms with Crippen molar-refractivity contribution >= 4 is 0 Å². The van der Waals surface area contributed by atoms with Crippen LogP contribution in [0.5, 0.6) is 0 Å². The maximum absolute atomic E-state index is 13.2. The van der Waals surface area contributed by atoms with Crippen LogP contribution in [0.1, 0.15) is 43.0 Å². The maximum atomic E-state index is 13.2. The highest BCUT2D eigenvalue weighted by molar-refractivity contribution is 5.60. The molecule has 25 heavy (non-hydrogen) atoms. The SMILES string of the molecule is CCCCCNCCc1cc(-c2ccc(C)cc2)nc(C(F)(F)F)c1. The van der Waals surface area contributed by atoms with E-state index in [4.69, 9.17) is 0 Å². The molecular weight excluding hydrogens is 325 g/mol. The molecule has 2 nitrogen and oxygen atoms in total. The quantitative estimate of drug-likeness (QED) is 0.645. The number of hydrogen-bond acceptors (Lipinski definition) is 2. The second-order valence-corrected chi connectivity index (χ2v) is 6.32. The van der Waals surface area contributed by atoms with Crippen molar-refractivity contribution in [2.24, 2.45) is 0 Å². The molecular formula is C20H25F3N2. The van der Waals surface area contributed by atoms with Crippen molar-refractivity contribution in [3.05, 3.63) is 53.2 Å². The fraction of sp³-hybridized carbons (Fsp3) is 0.450. The van der Waals surface area contributed by atoms with Crippen LogP contribution in [0.15, 0.2) is 36.4 Å². The molecule has 0 amide bonds. The Hall–Kier alpha value is -1.88. The lowest BCUT2D eigenvalue weighted by molar-refractivity contribution is -0.141. The summed E-state index contributed by atoms with van der Waals surface area (Å²) < 4.78 is 39.5. The van der Waals surface area contributed by atoms with Gasteiger partial charge in [0.05, 0.1) is 5.69 Å². The van der Waals surface area contributed by atoms with E-state index in [-0.39, 0.29) is 0 Å². The number of aryl methyl sites for hydroxylation is 1. The molecule has 5 heteroatoms. The molecule has 0 aliphatic heterocycles. The van der Waals surface area contributed by atoms with Gasteiger partial charge in [0, 0.05) is 5.56 Å². The van der Waals surface area contributed by atoms with Gasteiger partial charge >= 0.3 is 6.18 Å².